The van der Waals surface area contributed by atoms with Gasteiger partial charge >= 0.3 is 0 Å². The third-order valence-corrected chi connectivity index (χ3v) is 8.89. The van der Waals surface area contributed by atoms with Gasteiger partial charge in [-0.15, -0.1) is 5.10 Å². The zero-order valence-corrected chi connectivity index (χ0v) is 24.9. The number of tetrazole rings is 1. The Morgan fingerprint density at radius 2 is 1.59 bits per heavy atom. The second-order valence-corrected chi connectivity index (χ2v) is 11.6. The van der Waals surface area contributed by atoms with Crippen molar-refractivity contribution in [3.8, 4) is 5.75 Å². The summed E-state index contributed by atoms with van der Waals surface area (Å²) < 4.78 is 13.2. The van der Waals surface area contributed by atoms with E-state index in [9.17, 15) is 4.79 Å². The number of rotatable bonds is 9. The van der Waals surface area contributed by atoms with Crippen molar-refractivity contribution in [3.63, 3.8) is 0 Å². The van der Waals surface area contributed by atoms with Gasteiger partial charge in [0.05, 0.1) is 25.8 Å². The molecule has 7 rings (SSSR count). The van der Waals surface area contributed by atoms with Crippen molar-refractivity contribution in [3.05, 3.63) is 118 Å². The Bertz CT molecular complexity index is 1700. The highest BCUT2D eigenvalue weighted by Crippen LogP contribution is 2.33. The normalized spacial score (nSPS) is 18.6. The van der Waals surface area contributed by atoms with Crippen molar-refractivity contribution >= 4 is 10.9 Å². The summed E-state index contributed by atoms with van der Waals surface area (Å²) in [6, 6.07) is 28.7. The van der Waals surface area contributed by atoms with Gasteiger partial charge in [0.2, 0.25) is 0 Å². The molecule has 3 aromatic carbocycles. The number of ether oxygens (including phenoxy) is 2. The van der Waals surface area contributed by atoms with E-state index in [0.717, 1.165) is 62.3 Å². The van der Waals surface area contributed by atoms with Crippen molar-refractivity contribution in [2.45, 2.75) is 37.6 Å². The molecular weight excluding hydrogens is 554 g/mol. The van der Waals surface area contributed by atoms with Crippen molar-refractivity contribution < 1.29 is 9.47 Å². The molecule has 1 N–H and O–H groups in total. The van der Waals surface area contributed by atoms with Crippen LogP contribution in [0.2, 0.25) is 0 Å². The van der Waals surface area contributed by atoms with Gasteiger partial charge in [0.15, 0.2) is 5.82 Å². The van der Waals surface area contributed by atoms with E-state index in [-0.39, 0.29) is 17.7 Å². The Morgan fingerprint density at radius 1 is 0.909 bits per heavy atom. The molecule has 2 aliphatic rings. The topological polar surface area (TPSA) is 101 Å². The molecule has 2 aromatic heterocycles. The highest BCUT2D eigenvalue weighted by molar-refractivity contribution is 5.80. The zero-order chi connectivity index (χ0) is 29.9. The van der Waals surface area contributed by atoms with Crippen molar-refractivity contribution in [2.75, 3.05) is 39.9 Å². The lowest BCUT2D eigenvalue weighted by molar-refractivity contribution is 0.0778. The summed E-state index contributed by atoms with van der Waals surface area (Å²) in [6.45, 7) is 4.42. The highest BCUT2D eigenvalue weighted by Gasteiger charge is 2.35. The number of nitrogens with one attached hydrogen (secondary N) is 1. The summed E-state index contributed by atoms with van der Waals surface area (Å²) >= 11 is 0. The molecule has 2 fully saturated rings. The number of aromatic amines is 1. The lowest BCUT2D eigenvalue weighted by Gasteiger charge is -2.42. The van der Waals surface area contributed by atoms with Gasteiger partial charge in [-0.1, -0.05) is 60.7 Å². The van der Waals surface area contributed by atoms with Gasteiger partial charge in [-0.3, -0.25) is 14.6 Å². The molecule has 10 nitrogen and oxygen atoms in total. The number of piperazine rings is 1. The predicted octanol–water partition coefficient (Wildman–Crippen LogP) is 4.20. The van der Waals surface area contributed by atoms with Gasteiger partial charge in [-0.25, -0.2) is 4.68 Å². The van der Waals surface area contributed by atoms with Gasteiger partial charge in [-0.2, -0.15) is 0 Å². The summed E-state index contributed by atoms with van der Waals surface area (Å²) in [7, 11) is 1.65. The first-order chi connectivity index (χ1) is 21.7. The Labute approximate surface area is 256 Å². The molecule has 0 spiro atoms. The summed E-state index contributed by atoms with van der Waals surface area (Å²) in [5.41, 5.74) is 3.77. The third kappa shape index (κ3) is 5.76. The molecule has 0 unspecified atom stereocenters. The minimum atomic E-state index is -0.431. The quantitative estimate of drug-likeness (QED) is 0.272. The van der Waals surface area contributed by atoms with Crippen LogP contribution in [0.15, 0.2) is 89.7 Å². The lowest BCUT2D eigenvalue weighted by Crippen LogP contribution is -2.50. The number of nitrogens with zero attached hydrogens (tertiary/aromatic N) is 6. The average Bonchev–Trinajstić information content (AvgIpc) is 3.76. The van der Waals surface area contributed by atoms with Crippen LogP contribution >= 0.6 is 0 Å². The van der Waals surface area contributed by atoms with Crippen LogP contribution in [0, 0.1) is 0 Å². The lowest BCUT2D eigenvalue weighted by atomic mass is 9.96. The monoisotopic (exact) mass is 591 g/mol. The van der Waals surface area contributed by atoms with E-state index in [2.05, 4.69) is 91.0 Å². The molecule has 0 aliphatic carbocycles. The van der Waals surface area contributed by atoms with E-state index in [0.29, 0.717) is 17.9 Å². The first kappa shape index (κ1) is 28.4. The number of H-pyrrole nitrogens is 1. The second-order valence-electron chi connectivity index (χ2n) is 11.6. The van der Waals surface area contributed by atoms with Crippen LogP contribution in [0.5, 0.6) is 5.75 Å². The van der Waals surface area contributed by atoms with E-state index in [1.165, 1.54) is 11.1 Å². The van der Waals surface area contributed by atoms with Crippen LogP contribution in [-0.2, 0) is 11.3 Å². The van der Waals surface area contributed by atoms with Crippen molar-refractivity contribution in [1.29, 1.82) is 0 Å². The van der Waals surface area contributed by atoms with Crippen LogP contribution in [0.1, 0.15) is 47.4 Å². The molecule has 0 radical (unpaired) electrons. The smallest absolute Gasteiger partial charge is 0.253 e. The molecule has 44 heavy (non-hydrogen) atoms. The van der Waals surface area contributed by atoms with Crippen molar-refractivity contribution in [1.82, 2.24) is 35.0 Å². The van der Waals surface area contributed by atoms with Gasteiger partial charge in [0.25, 0.3) is 5.56 Å². The number of hydrogen-bond donors (Lipinski definition) is 1. The Morgan fingerprint density at radius 3 is 2.23 bits per heavy atom. The molecule has 0 amide bonds. The van der Waals surface area contributed by atoms with Gasteiger partial charge in [0.1, 0.15) is 11.8 Å². The minimum absolute atomic E-state index is 0.0615. The number of hydrogen-bond acceptors (Lipinski definition) is 8. The number of fused-ring (bicyclic) bond motifs is 1. The van der Waals surface area contributed by atoms with Gasteiger partial charge < -0.3 is 14.5 Å². The fourth-order valence-electron chi connectivity index (χ4n) is 6.69. The number of benzene rings is 3. The molecule has 0 saturated carbocycles. The largest absolute Gasteiger partial charge is 0.497 e. The summed E-state index contributed by atoms with van der Waals surface area (Å²) in [5, 5.41) is 13.9. The van der Waals surface area contributed by atoms with E-state index in [1.807, 2.05) is 28.9 Å². The molecule has 2 saturated heterocycles. The van der Waals surface area contributed by atoms with E-state index >= 15 is 0 Å². The van der Waals surface area contributed by atoms with Crippen LogP contribution < -0.4 is 10.3 Å². The Kier molecular flexibility index (Phi) is 8.19. The molecule has 4 heterocycles. The van der Waals surface area contributed by atoms with E-state index in [4.69, 9.17) is 9.47 Å². The maximum atomic E-state index is 13.7. The SMILES string of the molecule is COc1ccc2[nH]c(=O)c([C@H](c3nnnn3C[C@@H]3CCCO3)N3CCN(C(c4ccccc4)c4ccccc4)CC3)cc2c1. The Balaban J connectivity index is 1.24. The molecule has 2 aliphatic heterocycles. The summed E-state index contributed by atoms with van der Waals surface area (Å²) in [6.07, 6.45) is 2.06. The van der Waals surface area contributed by atoms with E-state index < -0.39 is 6.04 Å². The summed E-state index contributed by atoms with van der Waals surface area (Å²) in [5.74, 6) is 1.39. The van der Waals surface area contributed by atoms with E-state index in [1.54, 1.807) is 7.11 Å². The summed E-state index contributed by atoms with van der Waals surface area (Å²) in [4.78, 5) is 21.7. The van der Waals surface area contributed by atoms with Crippen LogP contribution in [0.4, 0.5) is 0 Å². The standard InChI is InChI=1S/C34H37N7O3/c1-43-27-14-15-30-26(21-27)22-29(34(42)35-30)32(33-36-37-38-41(33)23-28-13-8-20-44-28)40-18-16-39(17-19-40)31(24-9-4-2-5-10-24)25-11-6-3-7-12-25/h2-7,9-12,14-15,21-22,28,31-32H,8,13,16-20,23H2,1H3,(H,35,42)/t28-,32+/m0/s1. The molecule has 2 atom stereocenters. The maximum absolute atomic E-state index is 13.7. The first-order valence-electron chi connectivity index (χ1n) is 15.3. The number of methoxy groups -OCH3 is 1. The van der Waals surface area contributed by atoms with Crippen molar-refractivity contribution in [2.24, 2.45) is 0 Å². The fourth-order valence-corrected chi connectivity index (χ4v) is 6.69. The number of pyridine rings is 1. The zero-order valence-electron chi connectivity index (χ0n) is 24.9. The van der Waals surface area contributed by atoms with Gasteiger partial charge in [-0.05, 0) is 58.7 Å². The molecule has 0 bridgehead atoms. The van der Waals surface area contributed by atoms with Crippen LogP contribution in [-0.4, -0.2) is 81.0 Å². The minimum Gasteiger partial charge on any atom is -0.497 e. The van der Waals surface area contributed by atoms with Crippen LogP contribution in [0.25, 0.3) is 10.9 Å². The highest BCUT2D eigenvalue weighted by atomic mass is 16.5. The fraction of sp³-hybridized carbons (Fsp3) is 0.353. The Hall–Kier alpha value is -4.38. The first-order valence-corrected chi connectivity index (χ1v) is 15.3. The maximum Gasteiger partial charge on any atom is 0.253 e. The third-order valence-electron chi connectivity index (χ3n) is 8.89. The number of aromatic nitrogens is 5. The molecule has 5 aromatic rings. The predicted molar refractivity (Wildman–Crippen MR) is 168 cm³/mol. The van der Waals surface area contributed by atoms with Gasteiger partial charge in [0, 0.05) is 49.3 Å². The van der Waals surface area contributed by atoms with Crippen LogP contribution in [0.3, 0.4) is 0 Å². The molecule has 10 heteroatoms. The average molecular weight is 592 g/mol. The second kappa shape index (κ2) is 12.7. The molecular formula is C34H37N7O3. The molecule has 226 valence electrons.